The van der Waals surface area contributed by atoms with Gasteiger partial charge in [-0.05, 0) is 30.7 Å². The van der Waals surface area contributed by atoms with Gasteiger partial charge in [0.15, 0.2) is 0 Å². The van der Waals surface area contributed by atoms with Gasteiger partial charge >= 0.3 is 0 Å². The molecular formula is C14H11BrClN3. The normalized spacial score (nSPS) is 11.7. The Kier molecular flexibility index (Phi) is 4.41. The molecule has 19 heavy (non-hydrogen) atoms. The Morgan fingerprint density at radius 3 is 2.63 bits per heavy atom. The second-order valence-corrected chi connectivity index (χ2v) is 5.34. The molecule has 0 radical (unpaired) electrons. The second kappa shape index (κ2) is 6.05. The average molecular weight is 337 g/mol. The fraction of sp³-hybridized carbons (Fsp3) is 0.143. The zero-order valence-corrected chi connectivity index (χ0v) is 12.5. The van der Waals surface area contributed by atoms with Gasteiger partial charge in [-0.1, -0.05) is 39.7 Å². The highest BCUT2D eigenvalue weighted by molar-refractivity contribution is 9.10. The number of benzene rings is 1. The van der Waals surface area contributed by atoms with Crippen molar-refractivity contribution in [2.45, 2.75) is 13.0 Å². The number of aromatic nitrogens is 1. The van der Waals surface area contributed by atoms with E-state index >= 15 is 0 Å². The standard InChI is InChI=1S/C14H11BrClN3/c1-9(10-2-4-12(15)5-3-10)19-14-13(16)11(8-17)6-7-18-14/h2-7,9H,1H3,(H,18,19). The van der Waals surface area contributed by atoms with Gasteiger partial charge in [-0.25, -0.2) is 4.98 Å². The van der Waals surface area contributed by atoms with Crippen LogP contribution in [0.25, 0.3) is 0 Å². The summed E-state index contributed by atoms with van der Waals surface area (Å²) in [5.41, 5.74) is 1.53. The van der Waals surface area contributed by atoms with E-state index in [9.17, 15) is 0 Å². The molecule has 5 heteroatoms. The van der Waals surface area contributed by atoms with E-state index < -0.39 is 0 Å². The van der Waals surface area contributed by atoms with Crippen molar-refractivity contribution >= 4 is 33.3 Å². The first-order valence-electron chi connectivity index (χ1n) is 5.68. The molecule has 2 rings (SSSR count). The summed E-state index contributed by atoms with van der Waals surface area (Å²) in [6, 6.07) is 11.7. The second-order valence-electron chi connectivity index (χ2n) is 4.05. The number of nitrogens with zero attached hydrogens (tertiary/aromatic N) is 2. The van der Waals surface area contributed by atoms with Crippen molar-refractivity contribution in [3.8, 4) is 6.07 Å². The fourth-order valence-electron chi connectivity index (χ4n) is 1.67. The molecule has 0 aliphatic heterocycles. The van der Waals surface area contributed by atoms with Crippen molar-refractivity contribution < 1.29 is 0 Å². The molecule has 0 amide bonds. The predicted octanol–water partition coefficient (Wildman–Crippen LogP) is 4.54. The molecule has 1 aromatic heterocycles. The molecule has 1 heterocycles. The van der Waals surface area contributed by atoms with Gasteiger partial charge in [-0.3, -0.25) is 0 Å². The van der Waals surface area contributed by atoms with Crippen LogP contribution in [0, 0.1) is 11.3 Å². The van der Waals surface area contributed by atoms with E-state index in [4.69, 9.17) is 16.9 Å². The van der Waals surface area contributed by atoms with E-state index in [1.807, 2.05) is 37.3 Å². The quantitative estimate of drug-likeness (QED) is 0.895. The van der Waals surface area contributed by atoms with Crippen molar-refractivity contribution in [3.63, 3.8) is 0 Å². The Hall–Kier alpha value is -1.57. The lowest BCUT2D eigenvalue weighted by Crippen LogP contribution is -2.08. The zero-order valence-electron chi connectivity index (χ0n) is 10.2. The van der Waals surface area contributed by atoms with Crippen molar-refractivity contribution in [1.29, 1.82) is 5.26 Å². The summed E-state index contributed by atoms with van der Waals surface area (Å²) in [7, 11) is 0. The first-order valence-corrected chi connectivity index (χ1v) is 6.85. The number of hydrogen-bond donors (Lipinski definition) is 1. The molecule has 0 saturated carbocycles. The molecule has 1 unspecified atom stereocenters. The van der Waals surface area contributed by atoms with E-state index in [-0.39, 0.29) is 6.04 Å². The third-order valence-electron chi connectivity index (χ3n) is 2.73. The van der Waals surface area contributed by atoms with Crippen molar-refractivity contribution in [2.24, 2.45) is 0 Å². The minimum absolute atomic E-state index is 0.0482. The number of rotatable bonds is 3. The summed E-state index contributed by atoms with van der Waals surface area (Å²) in [6.45, 7) is 2.01. The molecule has 1 atom stereocenters. The molecule has 0 aliphatic carbocycles. The molecular weight excluding hydrogens is 326 g/mol. The first kappa shape index (κ1) is 13.9. The van der Waals surface area contributed by atoms with Crippen molar-refractivity contribution in [2.75, 3.05) is 5.32 Å². The van der Waals surface area contributed by atoms with Gasteiger partial charge in [0.25, 0.3) is 0 Å². The summed E-state index contributed by atoms with van der Waals surface area (Å²) in [5, 5.41) is 12.5. The number of nitriles is 1. The van der Waals surface area contributed by atoms with Gasteiger partial charge < -0.3 is 5.32 Å². The Bertz CT molecular complexity index is 620. The molecule has 0 aliphatic rings. The molecule has 1 aromatic carbocycles. The van der Waals surface area contributed by atoms with E-state index in [0.29, 0.717) is 16.4 Å². The minimum Gasteiger partial charge on any atom is -0.362 e. The van der Waals surface area contributed by atoms with Crippen LogP contribution in [0.3, 0.4) is 0 Å². The number of hydrogen-bond acceptors (Lipinski definition) is 3. The SMILES string of the molecule is CC(Nc1nccc(C#N)c1Cl)c1ccc(Br)cc1. The van der Waals surface area contributed by atoms with E-state index in [1.54, 1.807) is 12.3 Å². The van der Waals surface area contributed by atoms with Crippen LogP contribution in [0.1, 0.15) is 24.1 Å². The third-order valence-corrected chi connectivity index (χ3v) is 3.64. The van der Waals surface area contributed by atoms with Crippen LogP contribution in [0.15, 0.2) is 41.0 Å². The highest BCUT2D eigenvalue weighted by Gasteiger charge is 2.11. The Labute approximate surface area is 125 Å². The molecule has 1 N–H and O–H groups in total. The lowest BCUT2D eigenvalue weighted by atomic mass is 10.1. The summed E-state index contributed by atoms with van der Waals surface area (Å²) < 4.78 is 1.03. The van der Waals surface area contributed by atoms with Crippen molar-refractivity contribution in [3.05, 3.63) is 57.2 Å². The maximum absolute atomic E-state index is 8.93. The number of nitrogens with one attached hydrogen (secondary N) is 1. The van der Waals surface area contributed by atoms with Crippen LogP contribution < -0.4 is 5.32 Å². The number of pyridine rings is 1. The third kappa shape index (κ3) is 3.25. The summed E-state index contributed by atoms with van der Waals surface area (Å²) in [6.07, 6.45) is 1.57. The maximum atomic E-state index is 8.93. The largest absolute Gasteiger partial charge is 0.362 e. The highest BCUT2D eigenvalue weighted by atomic mass is 79.9. The Balaban J connectivity index is 2.22. The van der Waals surface area contributed by atoms with Crippen LogP contribution in [0.5, 0.6) is 0 Å². The molecule has 0 spiro atoms. The maximum Gasteiger partial charge on any atom is 0.146 e. The van der Waals surface area contributed by atoms with Gasteiger partial charge in [0.2, 0.25) is 0 Å². The first-order chi connectivity index (χ1) is 9.11. The Morgan fingerprint density at radius 1 is 1.32 bits per heavy atom. The average Bonchev–Trinajstić information content (AvgIpc) is 2.42. The zero-order chi connectivity index (χ0) is 13.8. The minimum atomic E-state index is 0.0482. The Morgan fingerprint density at radius 2 is 2.00 bits per heavy atom. The van der Waals surface area contributed by atoms with E-state index in [1.165, 1.54) is 0 Å². The van der Waals surface area contributed by atoms with Crippen LogP contribution in [0.4, 0.5) is 5.82 Å². The summed E-state index contributed by atoms with van der Waals surface area (Å²) in [5.74, 6) is 0.524. The van der Waals surface area contributed by atoms with E-state index in [2.05, 4.69) is 26.2 Å². The molecule has 96 valence electrons. The summed E-state index contributed by atoms with van der Waals surface area (Å²) >= 11 is 9.51. The molecule has 0 fully saturated rings. The smallest absolute Gasteiger partial charge is 0.146 e. The molecule has 0 bridgehead atoms. The summed E-state index contributed by atoms with van der Waals surface area (Å²) in [4.78, 5) is 4.17. The van der Waals surface area contributed by atoms with Crippen LogP contribution >= 0.6 is 27.5 Å². The highest BCUT2D eigenvalue weighted by Crippen LogP contribution is 2.27. The van der Waals surface area contributed by atoms with Crippen LogP contribution in [-0.4, -0.2) is 4.98 Å². The monoisotopic (exact) mass is 335 g/mol. The van der Waals surface area contributed by atoms with Crippen LogP contribution in [-0.2, 0) is 0 Å². The fourth-order valence-corrected chi connectivity index (χ4v) is 2.14. The molecule has 3 nitrogen and oxygen atoms in total. The van der Waals surface area contributed by atoms with Gasteiger partial charge in [0.1, 0.15) is 16.9 Å². The molecule has 0 saturated heterocycles. The van der Waals surface area contributed by atoms with Crippen molar-refractivity contribution in [1.82, 2.24) is 4.98 Å². The number of anilines is 1. The van der Waals surface area contributed by atoms with E-state index in [0.717, 1.165) is 10.0 Å². The molecule has 2 aromatic rings. The van der Waals surface area contributed by atoms with Gasteiger partial charge in [-0.2, -0.15) is 5.26 Å². The van der Waals surface area contributed by atoms with Gasteiger partial charge in [-0.15, -0.1) is 0 Å². The predicted molar refractivity (Wildman–Crippen MR) is 80.1 cm³/mol. The number of halogens is 2. The lowest BCUT2D eigenvalue weighted by molar-refractivity contribution is 0.874. The van der Waals surface area contributed by atoms with Crippen LogP contribution in [0.2, 0.25) is 5.02 Å². The van der Waals surface area contributed by atoms with Gasteiger partial charge in [0, 0.05) is 16.7 Å². The topological polar surface area (TPSA) is 48.7 Å². The van der Waals surface area contributed by atoms with Gasteiger partial charge in [0.05, 0.1) is 5.56 Å². The lowest BCUT2D eigenvalue weighted by Gasteiger charge is -2.16.